The zero-order chi connectivity index (χ0) is 25.4. The molecule has 0 saturated carbocycles. The summed E-state index contributed by atoms with van der Waals surface area (Å²) in [7, 11) is 1.60. The van der Waals surface area contributed by atoms with Crippen molar-refractivity contribution in [1.82, 2.24) is 14.9 Å². The van der Waals surface area contributed by atoms with Crippen LogP contribution in [0.2, 0.25) is 0 Å². The van der Waals surface area contributed by atoms with Crippen molar-refractivity contribution in [3.05, 3.63) is 53.1 Å². The summed E-state index contributed by atoms with van der Waals surface area (Å²) < 4.78 is 38.2. The van der Waals surface area contributed by atoms with Crippen LogP contribution < -0.4 is 14.2 Å². The van der Waals surface area contributed by atoms with E-state index >= 15 is 4.39 Å². The molecule has 2 aliphatic heterocycles. The molecule has 2 aromatic carbocycles. The maximum Gasteiger partial charge on any atom is 0.230 e. The Balaban J connectivity index is 1.13. The second kappa shape index (κ2) is 9.91. The van der Waals surface area contributed by atoms with Gasteiger partial charge in [0.05, 0.1) is 37.8 Å². The summed E-state index contributed by atoms with van der Waals surface area (Å²) in [4.78, 5) is 11.2. The first-order valence-electron chi connectivity index (χ1n) is 13.0. The number of halogens is 1. The van der Waals surface area contributed by atoms with Crippen LogP contribution in [0.25, 0.3) is 17.0 Å². The molecule has 2 fully saturated rings. The molecule has 1 aromatic heterocycles. The highest BCUT2D eigenvalue weighted by Crippen LogP contribution is 2.39. The molecule has 3 heterocycles. The van der Waals surface area contributed by atoms with Gasteiger partial charge in [0, 0.05) is 23.6 Å². The topological polar surface area (TPSA) is 65.9 Å². The van der Waals surface area contributed by atoms with E-state index in [2.05, 4.69) is 14.9 Å². The molecule has 3 aliphatic rings. The predicted octanol–water partition coefficient (Wildman–Crippen LogP) is 5.41. The Hall–Kier alpha value is -3.23. The first-order chi connectivity index (χ1) is 18.0. The van der Waals surface area contributed by atoms with Gasteiger partial charge in [0.1, 0.15) is 6.33 Å². The van der Waals surface area contributed by atoms with Crippen LogP contribution in [0, 0.1) is 11.2 Å². The fourth-order valence-corrected chi connectivity index (χ4v) is 5.50. The number of nitrogens with zero attached hydrogens (tertiary/aromatic N) is 3. The quantitative estimate of drug-likeness (QED) is 0.379. The van der Waals surface area contributed by atoms with Crippen LogP contribution in [0.3, 0.4) is 0 Å². The van der Waals surface area contributed by atoms with Crippen LogP contribution in [-0.2, 0) is 11.2 Å². The van der Waals surface area contributed by atoms with Crippen molar-refractivity contribution in [2.75, 3.05) is 46.6 Å². The molecule has 6 rings (SSSR count). The van der Waals surface area contributed by atoms with Crippen molar-refractivity contribution in [3.8, 4) is 23.1 Å². The maximum atomic E-state index is 15.1. The summed E-state index contributed by atoms with van der Waals surface area (Å²) in [5.74, 6) is 1.21. The van der Waals surface area contributed by atoms with Crippen molar-refractivity contribution in [3.63, 3.8) is 0 Å². The SMILES string of the molecule is COc1cc2c(Oc3ccc4c(c3F)C=C(C)C4)ncnc2cc1OCCCN1CCC2(CC1)COC2. The molecule has 0 atom stereocenters. The van der Waals surface area contributed by atoms with Gasteiger partial charge in [0.2, 0.25) is 5.88 Å². The van der Waals surface area contributed by atoms with E-state index in [1.807, 2.05) is 25.1 Å². The fraction of sp³-hybridized carbons (Fsp3) is 0.448. The Bertz CT molecular complexity index is 1340. The van der Waals surface area contributed by atoms with Gasteiger partial charge >= 0.3 is 0 Å². The molecule has 194 valence electrons. The number of piperidine rings is 1. The van der Waals surface area contributed by atoms with E-state index < -0.39 is 0 Å². The highest BCUT2D eigenvalue weighted by molar-refractivity contribution is 5.87. The third-order valence-electron chi connectivity index (χ3n) is 7.79. The standard InChI is InChI=1S/C29H32FN3O4/c1-19-12-20-4-5-24(27(30)21(20)13-19)37-28-22-14-25(34-2)26(15-23(22)31-18-32-28)36-11-3-8-33-9-6-29(7-10-33)16-35-17-29/h4-5,13-15,18H,3,6-12,16-17H2,1-2H3. The third kappa shape index (κ3) is 4.76. The molecule has 8 heteroatoms. The van der Waals surface area contributed by atoms with Gasteiger partial charge in [-0.2, -0.15) is 0 Å². The molecule has 0 radical (unpaired) electrons. The molecule has 0 N–H and O–H groups in total. The van der Waals surface area contributed by atoms with Crippen molar-refractivity contribution in [2.24, 2.45) is 5.41 Å². The lowest BCUT2D eigenvalue weighted by molar-refractivity contribution is -0.139. The van der Waals surface area contributed by atoms with Crippen LogP contribution in [-0.4, -0.2) is 61.4 Å². The first-order valence-corrected chi connectivity index (χ1v) is 13.0. The summed E-state index contributed by atoms with van der Waals surface area (Å²) in [6.45, 7) is 7.70. The lowest BCUT2D eigenvalue weighted by Crippen LogP contribution is -2.51. The number of hydrogen-bond acceptors (Lipinski definition) is 7. The van der Waals surface area contributed by atoms with Crippen molar-refractivity contribution >= 4 is 17.0 Å². The second-order valence-electron chi connectivity index (χ2n) is 10.5. The zero-order valence-corrected chi connectivity index (χ0v) is 21.4. The van der Waals surface area contributed by atoms with Gasteiger partial charge in [-0.05, 0) is 63.4 Å². The van der Waals surface area contributed by atoms with Crippen molar-refractivity contribution in [2.45, 2.75) is 32.6 Å². The number of rotatable bonds is 8. The molecule has 1 aliphatic carbocycles. The maximum absolute atomic E-state index is 15.1. The van der Waals surface area contributed by atoms with Crippen LogP contribution in [0.5, 0.6) is 23.1 Å². The molecular formula is C29H32FN3O4. The van der Waals surface area contributed by atoms with E-state index in [4.69, 9.17) is 18.9 Å². The number of likely N-dealkylation sites (tertiary alicyclic amines) is 1. The second-order valence-corrected chi connectivity index (χ2v) is 10.5. The number of allylic oxidation sites excluding steroid dienone is 1. The molecule has 0 amide bonds. The minimum Gasteiger partial charge on any atom is -0.493 e. The summed E-state index contributed by atoms with van der Waals surface area (Å²) >= 11 is 0. The Kier molecular flexibility index (Phi) is 6.46. The van der Waals surface area contributed by atoms with E-state index in [0.29, 0.717) is 40.0 Å². The van der Waals surface area contributed by atoms with E-state index in [9.17, 15) is 0 Å². The zero-order valence-electron chi connectivity index (χ0n) is 21.4. The number of methoxy groups -OCH3 is 1. The minimum absolute atomic E-state index is 0.137. The molecule has 0 unspecified atom stereocenters. The predicted molar refractivity (Wildman–Crippen MR) is 139 cm³/mol. The smallest absolute Gasteiger partial charge is 0.230 e. The highest BCUT2D eigenvalue weighted by Gasteiger charge is 2.40. The van der Waals surface area contributed by atoms with Crippen LogP contribution in [0.4, 0.5) is 4.39 Å². The molecule has 2 saturated heterocycles. The van der Waals surface area contributed by atoms with Gasteiger partial charge in [0.25, 0.3) is 0 Å². The van der Waals surface area contributed by atoms with Gasteiger partial charge in [0.15, 0.2) is 23.1 Å². The molecular weight excluding hydrogens is 473 g/mol. The average Bonchev–Trinajstić information content (AvgIpc) is 3.28. The van der Waals surface area contributed by atoms with Crippen molar-refractivity contribution in [1.29, 1.82) is 0 Å². The summed E-state index contributed by atoms with van der Waals surface area (Å²) in [6.07, 6.45) is 7.42. The average molecular weight is 506 g/mol. The Labute approximate surface area is 216 Å². The van der Waals surface area contributed by atoms with Crippen LogP contribution >= 0.6 is 0 Å². The Morgan fingerprint density at radius 1 is 1.08 bits per heavy atom. The summed E-state index contributed by atoms with van der Waals surface area (Å²) in [5.41, 5.74) is 3.78. The lowest BCUT2D eigenvalue weighted by Gasteiger charge is -2.47. The van der Waals surface area contributed by atoms with Gasteiger partial charge < -0.3 is 23.8 Å². The number of hydrogen-bond donors (Lipinski definition) is 0. The molecule has 3 aromatic rings. The Morgan fingerprint density at radius 2 is 1.92 bits per heavy atom. The van der Waals surface area contributed by atoms with E-state index in [0.717, 1.165) is 56.8 Å². The minimum atomic E-state index is -0.377. The summed E-state index contributed by atoms with van der Waals surface area (Å²) in [6, 6.07) is 7.18. The van der Waals surface area contributed by atoms with Gasteiger partial charge in [-0.15, -0.1) is 0 Å². The first kappa shape index (κ1) is 24.1. The monoisotopic (exact) mass is 505 g/mol. The highest BCUT2D eigenvalue weighted by atomic mass is 19.1. The lowest BCUT2D eigenvalue weighted by atomic mass is 9.77. The van der Waals surface area contributed by atoms with E-state index in [-0.39, 0.29) is 17.4 Å². The summed E-state index contributed by atoms with van der Waals surface area (Å²) in [5, 5.41) is 0.626. The van der Waals surface area contributed by atoms with Gasteiger partial charge in [-0.1, -0.05) is 17.7 Å². The molecule has 1 spiro atoms. The third-order valence-corrected chi connectivity index (χ3v) is 7.79. The van der Waals surface area contributed by atoms with Crippen LogP contribution in [0.1, 0.15) is 37.3 Å². The molecule has 7 nitrogen and oxygen atoms in total. The Morgan fingerprint density at radius 3 is 2.68 bits per heavy atom. The van der Waals surface area contributed by atoms with Gasteiger partial charge in [-0.3, -0.25) is 0 Å². The number of aromatic nitrogens is 2. The molecule has 0 bridgehead atoms. The molecule has 37 heavy (non-hydrogen) atoms. The van der Waals surface area contributed by atoms with E-state index in [1.165, 1.54) is 19.2 Å². The van der Waals surface area contributed by atoms with Gasteiger partial charge in [-0.25, -0.2) is 14.4 Å². The normalized spacial score (nSPS) is 18.4. The number of benzene rings is 2. The number of fused-ring (bicyclic) bond motifs is 2. The van der Waals surface area contributed by atoms with E-state index in [1.54, 1.807) is 19.2 Å². The number of ether oxygens (including phenoxy) is 4. The largest absolute Gasteiger partial charge is 0.493 e. The van der Waals surface area contributed by atoms with Crippen LogP contribution in [0.15, 0.2) is 36.2 Å². The fourth-order valence-electron chi connectivity index (χ4n) is 5.50. The van der Waals surface area contributed by atoms with Crippen molar-refractivity contribution < 1.29 is 23.3 Å².